The van der Waals surface area contributed by atoms with Gasteiger partial charge in [0.2, 0.25) is 0 Å². The maximum Gasteiger partial charge on any atom is 0.335 e. The van der Waals surface area contributed by atoms with Gasteiger partial charge in [-0.05, 0) is 72.7 Å². The van der Waals surface area contributed by atoms with E-state index in [4.69, 9.17) is 44.3 Å². The number of hydrogen-bond acceptors (Lipinski definition) is 5. The topological polar surface area (TPSA) is 84.9 Å². The number of barbiturate groups is 1. The summed E-state index contributed by atoms with van der Waals surface area (Å²) < 4.78 is 12.4. The van der Waals surface area contributed by atoms with Gasteiger partial charge in [0, 0.05) is 4.47 Å². The molecule has 0 aliphatic carbocycles. The molecule has 190 valence electrons. The van der Waals surface area contributed by atoms with E-state index in [1.54, 1.807) is 55.5 Å². The number of amides is 4. The number of anilines is 1. The minimum atomic E-state index is -0.839. The molecule has 4 amide bonds. The van der Waals surface area contributed by atoms with Crippen LogP contribution in [0.2, 0.25) is 15.1 Å². The van der Waals surface area contributed by atoms with E-state index in [2.05, 4.69) is 21.2 Å². The number of carbonyl (C=O) groups is 3. The monoisotopic (exact) mass is 622 g/mol. The van der Waals surface area contributed by atoms with Crippen LogP contribution in [0, 0.1) is 0 Å². The molecule has 1 fully saturated rings. The molecule has 1 N–H and O–H groups in total. The maximum absolute atomic E-state index is 13.2. The van der Waals surface area contributed by atoms with Crippen LogP contribution >= 0.6 is 50.7 Å². The second-order valence-corrected chi connectivity index (χ2v) is 9.87. The van der Waals surface area contributed by atoms with Crippen molar-refractivity contribution in [3.05, 3.63) is 90.8 Å². The zero-order valence-corrected chi connectivity index (χ0v) is 23.0. The van der Waals surface area contributed by atoms with E-state index in [-0.39, 0.29) is 23.0 Å². The molecule has 0 atom stereocenters. The summed E-state index contributed by atoms with van der Waals surface area (Å²) in [5, 5.41) is 3.21. The van der Waals surface area contributed by atoms with Crippen LogP contribution in [0.25, 0.3) is 6.08 Å². The Morgan fingerprint density at radius 2 is 1.65 bits per heavy atom. The number of halogens is 4. The minimum Gasteiger partial charge on any atom is -0.490 e. The fourth-order valence-electron chi connectivity index (χ4n) is 3.51. The van der Waals surface area contributed by atoms with Gasteiger partial charge >= 0.3 is 6.03 Å². The number of imide groups is 2. The van der Waals surface area contributed by atoms with Crippen LogP contribution in [0.15, 0.2) is 64.6 Å². The quantitative estimate of drug-likeness (QED) is 0.225. The molecule has 0 radical (unpaired) electrons. The van der Waals surface area contributed by atoms with Crippen LogP contribution in [-0.2, 0) is 16.2 Å². The van der Waals surface area contributed by atoms with Crippen molar-refractivity contribution in [3.63, 3.8) is 0 Å². The standard InChI is InChI=1S/C26H18BrCl3N2O5/c1-2-36-22-12-15(11-21(30)23(22)37-13-14-3-8-19(28)20(29)10-14)9-18-24(33)31-26(35)32(25(18)34)17-6-4-16(27)5-7-17/h3-12H,2,13H2,1H3,(H,31,33,35)/b18-9-. The number of urea groups is 1. The third-order valence-electron chi connectivity index (χ3n) is 5.20. The number of rotatable bonds is 7. The van der Waals surface area contributed by atoms with Gasteiger partial charge in [0.05, 0.1) is 27.4 Å². The van der Waals surface area contributed by atoms with Crippen molar-refractivity contribution in [2.45, 2.75) is 13.5 Å². The summed E-state index contributed by atoms with van der Waals surface area (Å²) in [7, 11) is 0. The average molecular weight is 625 g/mol. The van der Waals surface area contributed by atoms with Gasteiger partial charge in [-0.15, -0.1) is 0 Å². The van der Waals surface area contributed by atoms with E-state index in [1.165, 1.54) is 12.1 Å². The first-order valence-corrected chi connectivity index (χ1v) is 12.8. The molecule has 0 unspecified atom stereocenters. The van der Waals surface area contributed by atoms with Crippen LogP contribution in [0.4, 0.5) is 10.5 Å². The number of ether oxygens (including phenoxy) is 2. The van der Waals surface area contributed by atoms with Crippen LogP contribution < -0.4 is 19.7 Å². The van der Waals surface area contributed by atoms with Crippen molar-refractivity contribution in [1.82, 2.24) is 5.32 Å². The molecule has 1 saturated heterocycles. The van der Waals surface area contributed by atoms with Crippen molar-refractivity contribution >= 4 is 80.3 Å². The molecule has 4 rings (SSSR count). The summed E-state index contributed by atoms with van der Waals surface area (Å²) >= 11 is 21.9. The average Bonchev–Trinajstić information content (AvgIpc) is 2.84. The fourth-order valence-corrected chi connectivity index (χ4v) is 4.37. The summed E-state index contributed by atoms with van der Waals surface area (Å²) in [4.78, 5) is 39.0. The highest BCUT2D eigenvalue weighted by atomic mass is 79.9. The Labute approximate surface area is 236 Å². The summed E-state index contributed by atoms with van der Waals surface area (Å²) in [6, 6.07) is 13.9. The lowest BCUT2D eigenvalue weighted by atomic mass is 10.1. The van der Waals surface area contributed by atoms with Crippen molar-refractivity contribution in [2.75, 3.05) is 11.5 Å². The lowest BCUT2D eigenvalue weighted by Gasteiger charge is -2.26. The normalized spacial score (nSPS) is 14.7. The number of hydrogen-bond donors (Lipinski definition) is 1. The van der Waals surface area contributed by atoms with Gasteiger partial charge in [0.25, 0.3) is 11.8 Å². The summed E-state index contributed by atoms with van der Waals surface area (Å²) in [6.07, 6.45) is 1.34. The first-order valence-electron chi connectivity index (χ1n) is 10.9. The van der Waals surface area contributed by atoms with Gasteiger partial charge in [0.1, 0.15) is 12.2 Å². The Morgan fingerprint density at radius 1 is 0.919 bits per heavy atom. The molecule has 0 spiro atoms. The first kappa shape index (κ1) is 27.0. The molecule has 0 aromatic heterocycles. The Bertz CT molecular complexity index is 1430. The van der Waals surface area contributed by atoms with Gasteiger partial charge in [-0.25, -0.2) is 9.69 Å². The number of benzene rings is 3. The molecule has 3 aromatic carbocycles. The number of nitrogens with one attached hydrogen (secondary N) is 1. The zero-order valence-electron chi connectivity index (χ0n) is 19.2. The maximum atomic E-state index is 13.2. The van der Waals surface area contributed by atoms with E-state index < -0.39 is 17.8 Å². The van der Waals surface area contributed by atoms with Gasteiger partial charge in [-0.2, -0.15) is 0 Å². The predicted molar refractivity (Wildman–Crippen MR) is 147 cm³/mol. The van der Waals surface area contributed by atoms with Crippen LogP contribution in [-0.4, -0.2) is 24.5 Å². The zero-order chi connectivity index (χ0) is 26.7. The third kappa shape index (κ3) is 6.10. The van der Waals surface area contributed by atoms with E-state index in [9.17, 15) is 14.4 Å². The third-order valence-corrected chi connectivity index (χ3v) is 6.74. The molecule has 3 aromatic rings. The van der Waals surface area contributed by atoms with Gasteiger partial charge < -0.3 is 9.47 Å². The van der Waals surface area contributed by atoms with E-state index in [0.717, 1.165) is 14.9 Å². The fraction of sp³-hybridized carbons (Fsp3) is 0.115. The molecular weight excluding hydrogens is 607 g/mol. The summed E-state index contributed by atoms with van der Waals surface area (Å²) in [5.41, 5.74) is 1.23. The molecule has 7 nitrogen and oxygen atoms in total. The lowest BCUT2D eigenvalue weighted by Crippen LogP contribution is -2.54. The smallest absolute Gasteiger partial charge is 0.335 e. The Balaban J connectivity index is 1.65. The SMILES string of the molecule is CCOc1cc(/C=C2/C(=O)NC(=O)N(c3ccc(Br)cc3)C2=O)cc(Cl)c1OCc1ccc(Cl)c(Cl)c1. The largest absolute Gasteiger partial charge is 0.490 e. The Morgan fingerprint density at radius 3 is 2.32 bits per heavy atom. The molecule has 37 heavy (non-hydrogen) atoms. The Kier molecular flexibility index (Phi) is 8.44. The Hall–Kier alpha value is -3.04. The van der Waals surface area contributed by atoms with E-state index in [1.807, 2.05) is 0 Å². The second-order valence-electron chi connectivity index (χ2n) is 7.73. The van der Waals surface area contributed by atoms with Gasteiger partial charge in [0.15, 0.2) is 11.5 Å². The molecule has 0 saturated carbocycles. The van der Waals surface area contributed by atoms with E-state index >= 15 is 0 Å². The second kappa shape index (κ2) is 11.6. The molecule has 1 heterocycles. The number of carbonyl (C=O) groups excluding carboxylic acids is 3. The van der Waals surface area contributed by atoms with Crippen molar-refractivity contribution < 1.29 is 23.9 Å². The van der Waals surface area contributed by atoms with E-state index in [0.29, 0.717) is 33.7 Å². The molecular formula is C26H18BrCl3N2O5. The van der Waals surface area contributed by atoms with Crippen molar-refractivity contribution in [1.29, 1.82) is 0 Å². The van der Waals surface area contributed by atoms with Crippen molar-refractivity contribution in [3.8, 4) is 11.5 Å². The molecule has 11 heteroatoms. The minimum absolute atomic E-state index is 0.141. The van der Waals surface area contributed by atoms with Crippen LogP contribution in [0.1, 0.15) is 18.1 Å². The lowest BCUT2D eigenvalue weighted by molar-refractivity contribution is -0.122. The highest BCUT2D eigenvalue weighted by Crippen LogP contribution is 2.38. The van der Waals surface area contributed by atoms with Crippen LogP contribution in [0.3, 0.4) is 0 Å². The predicted octanol–water partition coefficient (Wildman–Crippen LogP) is 7.05. The molecule has 1 aliphatic heterocycles. The van der Waals surface area contributed by atoms with Crippen LogP contribution in [0.5, 0.6) is 11.5 Å². The summed E-state index contributed by atoms with van der Waals surface area (Å²) in [6.45, 7) is 2.24. The highest BCUT2D eigenvalue weighted by molar-refractivity contribution is 9.10. The van der Waals surface area contributed by atoms with Crippen molar-refractivity contribution in [2.24, 2.45) is 0 Å². The first-order chi connectivity index (χ1) is 17.7. The van der Waals surface area contributed by atoms with Gasteiger partial charge in [-0.1, -0.05) is 56.8 Å². The number of nitrogens with zero attached hydrogens (tertiary/aromatic N) is 1. The molecule has 1 aliphatic rings. The highest BCUT2D eigenvalue weighted by Gasteiger charge is 2.36. The molecule has 0 bridgehead atoms. The van der Waals surface area contributed by atoms with Gasteiger partial charge in [-0.3, -0.25) is 14.9 Å². The summed E-state index contributed by atoms with van der Waals surface area (Å²) in [5.74, 6) is -1.00.